The van der Waals surface area contributed by atoms with E-state index in [-0.39, 0.29) is 17.5 Å². The molecule has 0 aliphatic carbocycles. The molecule has 0 spiro atoms. The summed E-state index contributed by atoms with van der Waals surface area (Å²) in [5.41, 5.74) is 1.69. The van der Waals surface area contributed by atoms with Gasteiger partial charge < -0.3 is 10.1 Å². The molecule has 1 aromatic carbocycles. The van der Waals surface area contributed by atoms with Crippen LogP contribution in [0.4, 0.5) is 4.39 Å². The van der Waals surface area contributed by atoms with Gasteiger partial charge in [0.05, 0.1) is 11.6 Å². The van der Waals surface area contributed by atoms with Crippen LogP contribution in [-0.4, -0.2) is 18.8 Å². The van der Waals surface area contributed by atoms with E-state index in [4.69, 9.17) is 4.74 Å². The smallest absolute Gasteiger partial charge is 0.123 e. The lowest BCUT2D eigenvalue weighted by Crippen LogP contribution is -2.42. The van der Waals surface area contributed by atoms with Gasteiger partial charge in [0.25, 0.3) is 0 Å². The molecule has 0 fully saturated rings. The third-order valence-electron chi connectivity index (χ3n) is 3.36. The highest BCUT2D eigenvalue weighted by molar-refractivity contribution is 5.31. The summed E-state index contributed by atoms with van der Waals surface area (Å²) in [4.78, 5) is 0. The largest absolute Gasteiger partial charge is 0.374 e. The lowest BCUT2D eigenvalue weighted by atomic mass is 9.88. The Morgan fingerprint density at radius 2 is 2.00 bits per heavy atom. The summed E-state index contributed by atoms with van der Waals surface area (Å²) in [5, 5.41) is 3.49. The van der Waals surface area contributed by atoms with E-state index in [1.54, 1.807) is 6.07 Å². The minimum atomic E-state index is -0.373. The molecule has 19 heavy (non-hydrogen) atoms. The first kappa shape index (κ1) is 16.1. The summed E-state index contributed by atoms with van der Waals surface area (Å²) in [5.74, 6) is -0.198. The summed E-state index contributed by atoms with van der Waals surface area (Å²) in [6.07, 6.45) is 1.03. The lowest BCUT2D eigenvalue weighted by Gasteiger charge is -2.36. The SMILES string of the molecule is CCCNC(c1cc(F)ccc1C)C(C)(C)OCC. The van der Waals surface area contributed by atoms with Gasteiger partial charge in [0.15, 0.2) is 0 Å². The molecule has 0 bridgehead atoms. The monoisotopic (exact) mass is 267 g/mol. The normalized spacial score (nSPS) is 13.6. The van der Waals surface area contributed by atoms with Crippen LogP contribution in [0, 0.1) is 12.7 Å². The highest BCUT2D eigenvalue weighted by atomic mass is 19.1. The first-order valence-electron chi connectivity index (χ1n) is 7.05. The molecular formula is C16H26FNO. The average Bonchev–Trinajstić information content (AvgIpc) is 2.33. The molecule has 108 valence electrons. The zero-order chi connectivity index (χ0) is 14.5. The lowest BCUT2D eigenvalue weighted by molar-refractivity contribution is -0.0393. The number of nitrogens with one attached hydrogen (secondary N) is 1. The molecule has 3 heteroatoms. The maximum absolute atomic E-state index is 13.5. The summed E-state index contributed by atoms with van der Waals surface area (Å²) >= 11 is 0. The first-order chi connectivity index (χ1) is 8.92. The summed E-state index contributed by atoms with van der Waals surface area (Å²) < 4.78 is 19.4. The number of rotatable bonds is 7. The van der Waals surface area contributed by atoms with Gasteiger partial charge in [-0.05, 0) is 63.9 Å². The van der Waals surface area contributed by atoms with Gasteiger partial charge in [-0.25, -0.2) is 4.39 Å². The van der Waals surface area contributed by atoms with Gasteiger partial charge >= 0.3 is 0 Å². The molecule has 1 N–H and O–H groups in total. The highest BCUT2D eigenvalue weighted by Gasteiger charge is 2.32. The van der Waals surface area contributed by atoms with Crippen LogP contribution < -0.4 is 5.32 Å². The first-order valence-corrected chi connectivity index (χ1v) is 7.05. The van der Waals surface area contributed by atoms with Crippen molar-refractivity contribution in [3.8, 4) is 0 Å². The molecule has 0 radical (unpaired) electrons. The Morgan fingerprint density at radius 3 is 2.58 bits per heavy atom. The zero-order valence-electron chi connectivity index (χ0n) is 12.7. The maximum Gasteiger partial charge on any atom is 0.123 e. The van der Waals surface area contributed by atoms with Gasteiger partial charge in [0.2, 0.25) is 0 Å². The van der Waals surface area contributed by atoms with Crippen LogP contribution in [0.3, 0.4) is 0 Å². The minimum Gasteiger partial charge on any atom is -0.374 e. The molecule has 0 amide bonds. The number of aryl methyl sites for hydroxylation is 1. The summed E-state index contributed by atoms with van der Waals surface area (Å²) in [6, 6.07) is 4.93. The molecular weight excluding hydrogens is 241 g/mol. The predicted octanol–water partition coefficient (Wildman–Crippen LogP) is 3.99. The number of halogens is 1. The van der Waals surface area contributed by atoms with Crippen LogP contribution in [0.25, 0.3) is 0 Å². The Bertz CT molecular complexity index is 404. The Kier molecular flexibility index (Phi) is 5.95. The second-order valence-electron chi connectivity index (χ2n) is 5.42. The summed E-state index contributed by atoms with van der Waals surface area (Å²) in [7, 11) is 0. The molecule has 2 nitrogen and oxygen atoms in total. The van der Waals surface area contributed by atoms with Crippen molar-refractivity contribution in [1.29, 1.82) is 0 Å². The van der Waals surface area contributed by atoms with Gasteiger partial charge in [0.1, 0.15) is 5.82 Å². The zero-order valence-corrected chi connectivity index (χ0v) is 12.7. The average molecular weight is 267 g/mol. The van der Waals surface area contributed by atoms with Crippen molar-refractivity contribution in [3.63, 3.8) is 0 Å². The van der Waals surface area contributed by atoms with Gasteiger partial charge in [0, 0.05) is 6.61 Å². The Balaban J connectivity index is 3.11. The minimum absolute atomic E-state index is 0.0110. The molecule has 1 unspecified atom stereocenters. The van der Waals surface area contributed by atoms with Crippen LogP contribution in [0.15, 0.2) is 18.2 Å². The number of benzene rings is 1. The van der Waals surface area contributed by atoms with E-state index in [1.807, 2.05) is 33.8 Å². The van der Waals surface area contributed by atoms with E-state index < -0.39 is 0 Å². The van der Waals surface area contributed by atoms with Crippen LogP contribution in [0.5, 0.6) is 0 Å². The van der Waals surface area contributed by atoms with Crippen molar-refractivity contribution in [2.45, 2.75) is 52.7 Å². The van der Waals surface area contributed by atoms with Crippen molar-refractivity contribution in [2.24, 2.45) is 0 Å². The van der Waals surface area contributed by atoms with Crippen molar-refractivity contribution in [1.82, 2.24) is 5.32 Å². The molecule has 0 saturated carbocycles. The van der Waals surface area contributed by atoms with Crippen molar-refractivity contribution < 1.29 is 9.13 Å². The molecule has 0 saturated heterocycles. The molecule has 1 atom stereocenters. The second kappa shape index (κ2) is 7.01. The van der Waals surface area contributed by atoms with Crippen molar-refractivity contribution in [3.05, 3.63) is 35.1 Å². The predicted molar refractivity (Wildman–Crippen MR) is 77.9 cm³/mol. The van der Waals surface area contributed by atoms with Crippen LogP contribution in [0.1, 0.15) is 51.3 Å². The van der Waals surface area contributed by atoms with E-state index in [0.717, 1.165) is 24.1 Å². The van der Waals surface area contributed by atoms with Gasteiger partial charge in [-0.3, -0.25) is 0 Å². The van der Waals surface area contributed by atoms with Gasteiger partial charge in [-0.15, -0.1) is 0 Å². The van der Waals surface area contributed by atoms with E-state index in [0.29, 0.717) is 6.61 Å². The molecule has 1 rings (SSSR count). The Hall–Kier alpha value is -0.930. The third-order valence-corrected chi connectivity index (χ3v) is 3.36. The molecule has 0 aliphatic heterocycles. The quantitative estimate of drug-likeness (QED) is 0.806. The van der Waals surface area contributed by atoms with Crippen molar-refractivity contribution >= 4 is 0 Å². The number of hydrogen-bond donors (Lipinski definition) is 1. The number of ether oxygens (including phenoxy) is 1. The van der Waals surface area contributed by atoms with Crippen LogP contribution in [0.2, 0.25) is 0 Å². The van der Waals surface area contributed by atoms with Crippen LogP contribution in [-0.2, 0) is 4.74 Å². The van der Waals surface area contributed by atoms with Gasteiger partial charge in [-0.2, -0.15) is 0 Å². The highest BCUT2D eigenvalue weighted by Crippen LogP contribution is 2.31. The summed E-state index contributed by atoms with van der Waals surface area (Å²) in [6.45, 7) is 11.7. The van der Waals surface area contributed by atoms with Crippen LogP contribution >= 0.6 is 0 Å². The molecule has 0 aliphatic rings. The van der Waals surface area contributed by atoms with Crippen molar-refractivity contribution in [2.75, 3.05) is 13.2 Å². The molecule has 0 aromatic heterocycles. The Morgan fingerprint density at radius 1 is 1.32 bits per heavy atom. The molecule has 1 aromatic rings. The fourth-order valence-electron chi connectivity index (χ4n) is 2.40. The standard InChI is InChI=1S/C16H26FNO/c1-6-10-18-15(16(4,5)19-7-2)14-11-13(17)9-8-12(14)3/h8-9,11,15,18H,6-7,10H2,1-5H3. The fraction of sp³-hybridized carbons (Fsp3) is 0.625. The third kappa shape index (κ3) is 4.29. The van der Waals surface area contributed by atoms with E-state index in [2.05, 4.69) is 12.2 Å². The van der Waals surface area contributed by atoms with E-state index in [9.17, 15) is 4.39 Å². The fourth-order valence-corrected chi connectivity index (χ4v) is 2.40. The maximum atomic E-state index is 13.5. The Labute approximate surface area is 116 Å². The topological polar surface area (TPSA) is 21.3 Å². The molecule has 0 heterocycles. The second-order valence-corrected chi connectivity index (χ2v) is 5.42. The number of hydrogen-bond acceptors (Lipinski definition) is 2. The van der Waals surface area contributed by atoms with E-state index in [1.165, 1.54) is 6.07 Å². The van der Waals surface area contributed by atoms with E-state index >= 15 is 0 Å². The van der Waals surface area contributed by atoms with Gasteiger partial charge in [-0.1, -0.05) is 13.0 Å².